The highest BCUT2D eigenvalue weighted by atomic mass is 16.5. The molecule has 0 bridgehead atoms. The maximum absolute atomic E-state index is 8.91. The zero-order valence-corrected chi connectivity index (χ0v) is 26.3. The number of fused-ring (bicyclic) bond motifs is 1. The van der Waals surface area contributed by atoms with Crippen LogP contribution in [0.1, 0.15) is 39.9 Å². The molecule has 48 heavy (non-hydrogen) atoms. The number of nitrogens with one attached hydrogen (secondary N) is 3. The second kappa shape index (κ2) is 20.0. The summed E-state index contributed by atoms with van der Waals surface area (Å²) in [6, 6.07) is 4.27. The quantitative estimate of drug-likeness (QED) is 0.0905. The summed E-state index contributed by atoms with van der Waals surface area (Å²) in [5.41, 5.74) is 15.1. The number of terminal acetylenes is 2. The highest BCUT2D eigenvalue weighted by Crippen LogP contribution is 2.38. The van der Waals surface area contributed by atoms with Gasteiger partial charge >= 0.3 is 0 Å². The number of rotatable bonds is 4. The van der Waals surface area contributed by atoms with Crippen molar-refractivity contribution in [3.05, 3.63) is 45.6 Å². The van der Waals surface area contributed by atoms with Crippen LogP contribution in [0.15, 0.2) is 37.6 Å². The van der Waals surface area contributed by atoms with E-state index in [1.54, 1.807) is 0 Å². The Morgan fingerprint density at radius 2 is 1.23 bits per heavy atom. The van der Waals surface area contributed by atoms with Gasteiger partial charge in [-0.3, -0.25) is 10.2 Å². The van der Waals surface area contributed by atoms with Gasteiger partial charge in [-0.2, -0.15) is 15.7 Å². The molecule has 3 aromatic heterocycles. The summed E-state index contributed by atoms with van der Waals surface area (Å²) in [4.78, 5) is 8.91. The Labute approximate surface area is 289 Å². The van der Waals surface area contributed by atoms with Crippen LogP contribution < -0.4 is 0 Å². The first-order chi connectivity index (χ1) is 23.3. The van der Waals surface area contributed by atoms with E-state index in [0.717, 1.165) is 61.7 Å². The summed E-state index contributed by atoms with van der Waals surface area (Å²) in [5, 5.41) is 29.4. The van der Waals surface area contributed by atoms with E-state index in [-0.39, 0.29) is 11.4 Å². The number of nitroso groups, excluding NO2 is 1. The van der Waals surface area contributed by atoms with E-state index >= 15 is 0 Å². The molecule has 4 aromatic rings. The fourth-order valence-electron chi connectivity index (χ4n) is 3.98. The minimum atomic E-state index is 0. The lowest BCUT2D eigenvalue weighted by Crippen LogP contribution is -1.89. The van der Waals surface area contributed by atoms with Crippen molar-refractivity contribution in [2.75, 3.05) is 0 Å². The molecule has 0 spiro atoms. The lowest BCUT2D eigenvalue weighted by atomic mass is 9.93. The Balaban J connectivity index is -0.000000136. The number of benzene rings is 1. The van der Waals surface area contributed by atoms with Crippen molar-refractivity contribution in [2.45, 2.75) is 34.6 Å². The molecule has 0 unspecified atom stereocenters. The normalized spacial score (nSPS) is 8.23. The third-order valence-corrected chi connectivity index (χ3v) is 5.63. The number of aryl methyl sites for hydroxylation is 5. The highest BCUT2D eigenvalue weighted by Gasteiger charge is 2.20. The SMILES string of the molecule is C#CC#CC#CC#CC#CC#CC#CC#CC#C.Cc1n[nH]c(C)c1-c1cc(-c2c(C)noc2C)cc2n[nH]c(C)c12.N=N/N=N/N=O.[HH].[HH].[HH].[HH].[HH].[HH].[HH].[HH]. The van der Waals surface area contributed by atoms with Gasteiger partial charge in [-0.1, -0.05) is 5.16 Å². The van der Waals surface area contributed by atoms with Gasteiger partial charge in [-0.05, 0) is 163 Å². The number of hydrogen-bond acceptors (Lipinski definition) is 6. The largest absolute Gasteiger partial charge is 0.361 e. The van der Waals surface area contributed by atoms with Crippen LogP contribution in [0.3, 0.4) is 0 Å². The van der Waals surface area contributed by atoms with E-state index in [1.807, 2.05) is 39.9 Å². The average Bonchev–Trinajstić information content (AvgIpc) is 3.74. The van der Waals surface area contributed by atoms with Crippen LogP contribution in [0.5, 0.6) is 0 Å². The number of hydrogen-bond donors (Lipinski definition) is 3. The first kappa shape index (κ1) is 36.1. The van der Waals surface area contributed by atoms with Crippen LogP contribution in [0.25, 0.3) is 33.2 Å². The molecule has 12 nitrogen and oxygen atoms in total. The third kappa shape index (κ3) is 10.9. The van der Waals surface area contributed by atoms with E-state index in [4.69, 9.17) is 27.8 Å². The first-order valence-electron chi connectivity index (χ1n) is 13.2. The Morgan fingerprint density at radius 3 is 1.62 bits per heavy atom. The maximum atomic E-state index is 8.91. The van der Waals surface area contributed by atoms with Crippen LogP contribution in [0.2, 0.25) is 0 Å². The Morgan fingerprint density at radius 1 is 0.708 bits per heavy atom. The Bertz CT molecular complexity index is 2330. The Hall–Kier alpha value is -8.05. The zero-order valence-electron chi connectivity index (χ0n) is 26.3. The highest BCUT2D eigenvalue weighted by molar-refractivity contribution is 6.01. The van der Waals surface area contributed by atoms with Crippen LogP contribution >= 0.6 is 0 Å². The second-order valence-corrected chi connectivity index (χ2v) is 8.67. The molecular weight excluding hydrogens is 604 g/mol. The summed E-state index contributed by atoms with van der Waals surface area (Å²) in [5.74, 6) is 39.0. The lowest BCUT2D eigenvalue weighted by molar-refractivity contribution is 0.393. The minimum absolute atomic E-state index is 0. The number of aromatic amines is 2. The summed E-state index contributed by atoms with van der Waals surface area (Å²) < 4.78 is 5.35. The van der Waals surface area contributed by atoms with Gasteiger partial charge in [0, 0.05) is 44.5 Å². The van der Waals surface area contributed by atoms with Gasteiger partial charge in [0.1, 0.15) is 11.0 Å². The topological polar surface area (TPSA) is 174 Å². The smallest absolute Gasteiger partial charge is 0.141 e. The molecule has 0 amide bonds. The van der Waals surface area contributed by atoms with Gasteiger partial charge in [-0.15, -0.1) is 17.8 Å². The van der Waals surface area contributed by atoms with Gasteiger partial charge in [0.05, 0.1) is 16.9 Å². The van der Waals surface area contributed by atoms with Crippen LogP contribution in [0, 0.1) is 153 Å². The van der Waals surface area contributed by atoms with Gasteiger partial charge < -0.3 is 4.52 Å². The number of nitrogens with zero attached hydrogens (tertiary/aromatic N) is 7. The molecule has 3 heterocycles. The maximum Gasteiger partial charge on any atom is 0.141 e. The van der Waals surface area contributed by atoms with Crippen molar-refractivity contribution < 1.29 is 15.9 Å². The predicted octanol–water partition coefficient (Wildman–Crippen LogP) is 7.46. The molecule has 0 atom stereocenters. The molecular formula is C36H38N10O2. The number of H-pyrrole nitrogens is 2. The molecule has 12 heteroatoms. The molecule has 1 aromatic carbocycles. The molecule has 0 saturated carbocycles. The summed E-state index contributed by atoms with van der Waals surface area (Å²) >= 11 is 0. The van der Waals surface area contributed by atoms with Crippen LogP contribution in [-0.4, -0.2) is 25.6 Å². The first-order valence-corrected chi connectivity index (χ1v) is 13.2. The summed E-state index contributed by atoms with van der Waals surface area (Å²) in [6.45, 7) is 9.99. The fourth-order valence-corrected chi connectivity index (χ4v) is 3.98. The summed E-state index contributed by atoms with van der Waals surface area (Å²) in [7, 11) is 0. The molecule has 0 fully saturated rings. The third-order valence-electron chi connectivity index (χ3n) is 5.63. The molecule has 0 saturated heterocycles. The minimum Gasteiger partial charge on any atom is -0.361 e. The predicted molar refractivity (Wildman–Crippen MR) is 198 cm³/mol. The van der Waals surface area contributed by atoms with Crippen molar-refractivity contribution in [3.8, 4) is 130 Å². The van der Waals surface area contributed by atoms with Crippen molar-refractivity contribution in [1.29, 1.82) is 5.53 Å². The molecule has 4 rings (SSSR count). The molecule has 0 radical (unpaired) electrons. The number of aromatic nitrogens is 5. The van der Waals surface area contributed by atoms with Crippen molar-refractivity contribution in [3.63, 3.8) is 0 Å². The summed E-state index contributed by atoms with van der Waals surface area (Å²) in [6.07, 6.45) is 9.76. The second-order valence-electron chi connectivity index (χ2n) is 8.67. The van der Waals surface area contributed by atoms with Gasteiger partial charge in [0.2, 0.25) is 0 Å². The van der Waals surface area contributed by atoms with E-state index in [0.29, 0.717) is 0 Å². The van der Waals surface area contributed by atoms with Gasteiger partial charge in [0.25, 0.3) is 0 Å². The van der Waals surface area contributed by atoms with E-state index in [1.165, 1.54) is 0 Å². The van der Waals surface area contributed by atoms with E-state index < -0.39 is 0 Å². The molecule has 0 aliphatic heterocycles. The fraction of sp³-hybridized carbons (Fsp3) is 0.139. The molecule has 0 aliphatic carbocycles. The molecule has 244 valence electrons. The molecule has 3 N–H and O–H groups in total. The van der Waals surface area contributed by atoms with Crippen molar-refractivity contribution >= 4 is 10.9 Å². The monoisotopic (exact) mass is 642 g/mol. The standard InChI is InChI=1S/C18H19N5O.C18H2.HN5O.8H2/c1-8-16(9(2)20-19-8)14-6-13(17-11(4)23-24-12(17)5)7-15-18(14)10(3)21-22-15;1-3-5-7-9-11-13-15-17-18-16-14-12-10-8-6-4-2;1-2-3-4-5-6;;;;;;;;/h6-7H,1-5H3,(H,19,20)(H,21,22);1-2H;1H;8*1H/b;;2-1?,4-3+;;;;;;;;. The Kier molecular flexibility index (Phi) is 15.1. The van der Waals surface area contributed by atoms with E-state index in [9.17, 15) is 0 Å². The van der Waals surface area contributed by atoms with E-state index in [2.05, 4.69) is 148 Å². The van der Waals surface area contributed by atoms with Crippen LogP contribution in [-0.2, 0) is 0 Å². The van der Waals surface area contributed by atoms with Gasteiger partial charge in [0.15, 0.2) is 0 Å². The van der Waals surface area contributed by atoms with Gasteiger partial charge in [-0.25, -0.2) is 0 Å². The zero-order chi connectivity index (χ0) is 35.1. The van der Waals surface area contributed by atoms with Crippen molar-refractivity contribution in [2.24, 2.45) is 21.0 Å². The average molecular weight is 643 g/mol. The van der Waals surface area contributed by atoms with Crippen molar-refractivity contribution in [1.82, 2.24) is 25.6 Å². The van der Waals surface area contributed by atoms with Crippen LogP contribution in [0.4, 0.5) is 0 Å². The lowest BCUT2D eigenvalue weighted by Gasteiger charge is -2.09. The molecule has 0 aliphatic rings.